The van der Waals surface area contributed by atoms with Gasteiger partial charge in [-0.1, -0.05) is 6.92 Å². The first-order chi connectivity index (χ1) is 8.88. The fourth-order valence-corrected chi connectivity index (χ4v) is 3.15. The van der Waals surface area contributed by atoms with E-state index < -0.39 is 0 Å². The Morgan fingerprint density at radius 1 is 1.22 bits per heavy atom. The van der Waals surface area contributed by atoms with Crippen molar-refractivity contribution in [2.75, 3.05) is 11.9 Å². The Bertz CT molecular complexity index is 643. The lowest BCUT2D eigenvalue weighted by molar-refractivity contribution is 0.971. The van der Waals surface area contributed by atoms with Crippen LogP contribution in [0.15, 0.2) is 28.3 Å². The summed E-state index contributed by atoms with van der Waals surface area (Å²) in [5, 5.41) is 10.7. The van der Waals surface area contributed by atoms with Gasteiger partial charge in [0.25, 0.3) is 0 Å². The molecule has 92 valence electrons. The van der Waals surface area contributed by atoms with E-state index in [1.54, 1.807) is 22.7 Å². The Kier molecular flexibility index (Phi) is 3.25. The standard InChI is InChI=1S/C13H13N3S2/c1-2-5-14-12-10-4-7-18-13(10)16-11(15-12)9-3-6-17-8-9/h3-4,6-8H,2,5H2,1H3,(H,14,15,16). The molecule has 0 aliphatic carbocycles. The largest absolute Gasteiger partial charge is 0.369 e. The van der Waals surface area contributed by atoms with Gasteiger partial charge in [-0.05, 0) is 29.3 Å². The van der Waals surface area contributed by atoms with E-state index in [0.717, 1.165) is 40.4 Å². The van der Waals surface area contributed by atoms with E-state index in [-0.39, 0.29) is 0 Å². The highest BCUT2D eigenvalue weighted by molar-refractivity contribution is 7.16. The third-order valence-electron chi connectivity index (χ3n) is 2.65. The minimum atomic E-state index is 0.810. The van der Waals surface area contributed by atoms with Gasteiger partial charge in [0.2, 0.25) is 0 Å². The molecule has 0 aromatic carbocycles. The van der Waals surface area contributed by atoms with Crippen molar-refractivity contribution in [2.45, 2.75) is 13.3 Å². The van der Waals surface area contributed by atoms with Crippen LogP contribution in [0.2, 0.25) is 0 Å². The molecule has 3 heterocycles. The molecule has 0 radical (unpaired) electrons. The lowest BCUT2D eigenvalue weighted by Gasteiger charge is -2.07. The molecule has 0 saturated carbocycles. The lowest BCUT2D eigenvalue weighted by atomic mass is 10.3. The van der Waals surface area contributed by atoms with Crippen LogP contribution in [0.1, 0.15) is 13.3 Å². The van der Waals surface area contributed by atoms with E-state index in [1.165, 1.54) is 0 Å². The van der Waals surface area contributed by atoms with Crippen LogP contribution in [0.25, 0.3) is 21.6 Å². The number of nitrogens with zero attached hydrogens (tertiary/aromatic N) is 2. The maximum absolute atomic E-state index is 4.64. The summed E-state index contributed by atoms with van der Waals surface area (Å²) in [5.41, 5.74) is 1.09. The summed E-state index contributed by atoms with van der Waals surface area (Å²) in [6.45, 7) is 3.09. The molecule has 3 nitrogen and oxygen atoms in total. The van der Waals surface area contributed by atoms with Crippen molar-refractivity contribution >= 4 is 38.7 Å². The topological polar surface area (TPSA) is 37.8 Å². The number of hydrogen-bond acceptors (Lipinski definition) is 5. The molecule has 0 aliphatic heterocycles. The van der Waals surface area contributed by atoms with E-state index in [0.29, 0.717) is 0 Å². The molecular weight excluding hydrogens is 262 g/mol. The van der Waals surface area contributed by atoms with E-state index in [9.17, 15) is 0 Å². The van der Waals surface area contributed by atoms with Crippen LogP contribution in [0, 0.1) is 0 Å². The van der Waals surface area contributed by atoms with Crippen LogP contribution in [0.5, 0.6) is 0 Å². The van der Waals surface area contributed by atoms with Crippen molar-refractivity contribution in [1.82, 2.24) is 9.97 Å². The maximum atomic E-state index is 4.64. The normalized spacial score (nSPS) is 10.9. The third-order valence-corrected chi connectivity index (χ3v) is 4.14. The third kappa shape index (κ3) is 2.11. The fraction of sp³-hybridized carbons (Fsp3) is 0.231. The maximum Gasteiger partial charge on any atom is 0.163 e. The predicted molar refractivity (Wildman–Crippen MR) is 79.5 cm³/mol. The summed E-state index contributed by atoms with van der Waals surface area (Å²) in [4.78, 5) is 10.3. The molecule has 0 amide bonds. The smallest absolute Gasteiger partial charge is 0.163 e. The average molecular weight is 275 g/mol. The second kappa shape index (κ2) is 5.04. The Balaban J connectivity index is 2.11. The highest BCUT2D eigenvalue weighted by atomic mass is 32.1. The molecule has 0 spiro atoms. The molecule has 0 atom stereocenters. The van der Waals surface area contributed by atoms with Gasteiger partial charge in [0.15, 0.2) is 5.82 Å². The first-order valence-corrected chi connectivity index (χ1v) is 7.72. The molecule has 0 aliphatic rings. The van der Waals surface area contributed by atoms with Gasteiger partial charge in [-0.15, -0.1) is 11.3 Å². The second-order valence-electron chi connectivity index (χ2n) is 3.97. The molecule has 0 unspecified atom stereocenters. The van der Waals surface area contributed by atoms with Crippen molar-refractivity contribution in [3.05, 3.63) is 28.3 Å². The molecular formula is C13H13N3S2. The van der Waals surface area contributed by atoms with E-state index >= 15 is 0 Å². The van der Waals surface area contributed by atoms with Crippen LogP contribution in [0.4, 0.5) is 5.82 Å². The van der Waals surface area contributed by atoms with E-state index in [4.69, 9.17) is 0 Å². The highest BCUT2D eigenvalue weighted by Crippen LogP contribution is 2.29. The minimum Gasteiger partial charge on any atom is -0.369 e. The molecule has 3 aromatic heterocycles. The van der Waals surface area contributed by atoms with Crippen molar-refractivity contribution in [2.24, 2.45) is 0 Å². The van der Waals surface area contributed by atoms with Crippen molar-refractivity contribution in [1.29, 1.82) is 0 Å². The summed E-state index contributed by atoms with van der Waals surface area (Å²) >= 11 is 3.33. The van der Waals surface area contributed by atoms with Gasteiger partial charge >= 0.3 is 0 Å². The Morgan fingerprint density at radius 3 is 2.94 bits per heavy atom. The van der Waals surface area contributed by atoms with Crippen molar-refractivity contribution < 1.29 is 0 Å². The number of nitrogens with one attached hydrogen (secondary N) is 1. The summed E-state index contributed by atoms with van der Waals surface area (Å²) < 4.78 is 0. The first-order valence-electron chi connectivity index (χ1n) is 5.90. The molecule has 0 bridgehead atoms. The minimum absolute atomic E-state index is 0.810. The van der Waals surface area contributed by atoms with Crippen molar-refractivity contribution in [3.8, 4) is 11.4 Å². The zero-order valence-corrected chi connectivity index (χ0v) is 11.6. The van der Waals surface area contributed by atoms with Crippen LogP contribution >= 0.6 is 22.7 Å². The number of anilines is 1. The number of thiophene rings is 2. The quantitative estimate of drug-likeness (QED) is 0.774. The zero-order chi connectivity index (χ0) is 12.4. The second-order valence-corrected chi connectivity index (χ2v) is 5.65. The molecule has 3 aromatic rings. The van der Waals surface area contributed by atoms with Gasteiger partial charge in [0.1, 0.15) is 10.6 Å². The van der Waals surface area contributed by atoms with Gasteiger partial charge in [0.05, 0.1) is 5.39 Å². The first kappa shape index (κ1) is 11.6. The molecule has 1 N–H and O–H groups in total. The fourth-order valence-electron chi connectivity index (χ4n) is 1.75. The highest BCUT2D eigenvalue weighted by Gasteiger charge is 2.10. The Hall–Kier alpha value is -1.46. The van der Waals surface area contributed by atoms with Gasteiger partial charge < -0.3 is 5.32 Å². The summed E-state index contributed by atoms with van der Waals surface area (Å²) in [6, 6.07) is 4.14. The number of fused-ring (bicyclic) bond motifs is 1. The molecule has 5 heteroatoms. The zero-order valence-electron chi connectivity index (χ0n) is 10.0. The predicted octanol–water partition coefficient (Wildman–Crippen LogP) is 4.24. The molecule has 18 heavy (non-hydrogen) atoms. The van der Waals surface area contributed by atoms with Gasteiger partial charge in [-0.3, -0.25) is 0 Å². The van der Waals surface area contributed by atoms with E-state index in [2.05, 4.69) is 50.5 Å². The summed E-state index contributed by atoms with van der Waals surface area (Å²) in [5.74, 6) is 1.76. The number of aromatic nitrogens is 2. The SMILES string of the molecule is CCCNc1nc(-c2ccsc2)nc2sccc12. The van der Waals surface area contributed by atoms with Crippen LogP contribution < -0.4 is 5.32 Å². The Labute approximate surface area is 114 Å². The van der Waals surface area contributed by atoms with Crippen LogP contribution in [-0.4, -0.2) is 16.5 Å². The van der Waals surface area contributed by atoms with Gasteiger partial charge in [-0.2, -0.15) is 11.3 Å². The Morgan fingerprint density at radius 2 is 2.17 bits per heavy atom. The summed E-state index contributed by atoms with van der Waals surface area (Å²) in [7, 11) is 0. The van der Waals surface area contributed by atoms with Gasteiger partial charge in [-0.25, -0.2) is 9.97 Å². The number of hydrogen-bond donors (Lipinski definition) is 1. The average Bonchev–Trinajstić information content (AvgIpc) is 3.05. The molecule has 3 rings (SSSR count). The summed E-state index contributed by atoms with van der Waals surface area (Å²) in [6.07, 6.45) is 1.09. The van der Waals surface area contributed by atoms with Gasteiger partial charge in [0, 0.05) is 17.5 Å². The lowest BCUT2D eigenvalue weighted by Crippen LogP contribution is -2.03. The van der Waals surface area contributed by atoms with E-state index in [1.807, 2.05) is 0 Å². The molecule has 0 fully saturated rings. The van der Waals surface area contributed by atoms with Crippen LogP contribution in [0.3, 0.4) is 0 Å². The monoisotopic (exact) mass is 275 g/mol. The molecule has 0 saturated heterocycles. The van der Waals surface area contributed by atoms with Crippen molar-refractivity contribution in [3.63, 3.8) is 0 Å². The number of rotatable bonds is 4. The van der Waals surface area contributed by atoms with Crippen LogP contribution in [-0.2, 0) is 0 Å².